The average Bonchev–Trinajstić information content (AvgIpc) is 2.84. The average molecular weight is 459 g/mol. The van der Waals surface area contributed by atoms with Gasteiger partial charge in [-0.15, -0.1) is 0 Å². The molecule has 0 spiro atoms. The Kier molecular flexibility index (Phi) is 6.92. The molecule has 34 heavy (non-hydrogen) atoms. The number of carbonyl (C=O) groups excluding carboxylic acids is 3. The van der Waals surface area contributed by atoms with Crippen LogP contribution >= 0.6 is 0 Å². The minimum Gasteiger partial charge on any atom is -0.494 e. The SMILES string of the molecule is CCCCOc1ccc(N2C(=O)NC(=O)/C(=C/c3c(OCC)ccc4ccccc34)C2=O)cc1. The van der Waals surface area contributed by atoms with Gasteiger partial charge in [-0.05, 0) is 60.5 Å². The molecule has 1 fully saturated rings. The van der Waals surface area contributed by atoms with E-state index in [2.05, 4.69) is 12.2 Å². The molecule has 1 heterocycles. The van der Waals surface area contributed by atoms with E-state index in [9.17, 15) is 14.4 Å². The minimum absolute atomic E-state index is 0.153. The Balaban J connectivity index is 1.71. The number of anilines is 1. The van der Waals surface area contributed by atoms with Gasteiger partial charge < -0.3 is 9.47 Å². The monoisotopic (exact) mass is 458 g/mol. The van der Waals surface area contributed by atoms with Gasteiger partial charge in [-0.1, -0.05) is 43.7 Å². The van der Waals surface area contributed by atoms with Crippen LogP contribution in [-0.2, 0) is 9.59 Å². The molecule has 4 rings (SSSR count). The molecular weight excluding hydrogens is 432 g/mol. The summed E-state index contributed by atoms with van der Waals surface area (Å²) in [7, 11) is 0. The topological polar surface area (TPSA) is 84.9 Å². The molecule has 0 saturated carbocycles. The largest absolute Gasteiger partial charge is 0.494 e. The van der Waals surface area contributed by atoms with Crippen molar-refractivity contribution < 1.29 is 23.9 Å². The number of nitrogens with one attached hydrogen (secondary N) is 1. The molecule has 3 aromatic rings. The van der Waals surface area contributed by atoms with Crippen LogP contribution in [0.4, 0.5) is 10.5 Å². The third-order valence-corrected chi connectivity index (χ3v) is 5.48. The van der Waals surface area contributed by atoms with Gasteiger partial charge in [-0.3, -0.25) is 14.9 Å². The molecule has 0 radical (unpaired) electrons. The lowest BCUT2D eigenvalue weighted by Crippen LogP contribution is -2.54. The summed E-state index contributed by atoms with van der Waals surface area (Å²) in [6, 6.07) is 17.2. The first kappa shape index (κ1) is 23.0. The fourth-order valence-electron chi connectivity index (χ4n) is 3.77. The van der Waals surface area contributed by atoms with Gasteiger partial charge in [0, 0.05) is 5.56 Å². The molecule has 0 unspecified atom stereocenters. The summed E-state index contributed by atoms with van der Waals surface area (Å²) in [5, 5.41) is 4.04. The number of fused-ring (bicyclic) bond motifs is 1. The predicted molar refractivity (Wildman–Crippen MR) is 131 cm³/mol. The second kappa shape index (κ2) is 10.2. The molecule has 7 heteroatoms. The van der Waals surface area contributed by atoms with Crippen LogP contribution in [0.15, 0.2) is 66.2 Å². The maximum atomic E-state index is 13.4. The number of hydrogen-bond acceptors (Lipinski definition) is 5. The van der Waals surface area contributed by atoms with Crippen molar-refractivity contribution in [2.24, 2.45) is 0 Å². The second-order valence-corrected chi connectivity index (χ2v) is 7.79. The Bertz CT molecular complexity index is 1260. The van der Waals surface area contributed by atoms with Crippen LogP contribution < -0.4 is 19.7 Å². The van der Waals surface area contributed by atoms with Crippen LogP contribution in [0.25, 0.3) is 16.8 Å². The number of nitrogens with zero attached hydrogens (tertiary/aromatic N) is 1. The van der Waals surface area contributed by atoms with Crippen LogP contribution in [0.1, 0.15) is 32.3 Å². The maximum Gasteiger partial charge on any atom is 0.335 e. The normalized spacial score (nSPS) is 15.1. The molecule has 0 aromatic heterocycles. The quantitative estimate of drug-likeness (QED) is 0.289. The summed E-state index contributed by atoms with van der Waals surface area (Å²) < 4.78 is 11.4. The molecule has 4 amide bonds. The summed E-state index contributed by atoms with van der Waals surface area (Å²) in [6.07, 6.45) is 3.45. The fourth-order valence-corrected chi connectivity index (χ4v) is 3.77. The van der Waals surface area contributed by atoms with Crippen LogP contribution in [0.5, 0.6) is 11.5 Å². The third-order valence-electron chi connectivity index (χ3n) is 5.48. The lowest BCUT2D eigenvalue weighted by Gasteiger charge is -2.26. The maximum absolute atomic E-state index is 13.4. The van der Waals surface area contributed by atoms with Crippen molar-refractivity contribution in [3.8, 4) is 11.5 Å². The number of urea groups is 1. The molecule has 0 atom stereocenters. The van der Waals surface area contributed by atoms with Crippen molar-refractivity contribution in [3.63, 3.8) is 0 Å². The molecule has 3 aromatic carbocycles. The zero-order valence-electron chi connectivity index (χ0n) is 19.2. The van der Waals surface area contributed by atoms with Gasteiger partial charge in [0.25, 0.3) is 11.8 Å². The van der Waals surface area contributed by atoms with Gasteiger partial charge in [0.1, 0.15) is 17.1 Å². The van der Waals surface area contributed by atoms with Crippen LogP contribution in [-0.4, -0.2) is 31.1 Å². The van der Waals surface area contributed by atoms with Gasteiger partial charge in [0.2, 0.25) is 0 Å². The Hall–Kier alpha value is -4.13. The van der Waals surface area contributed by atoms with E-state index in [1.54, 1.807) is 24.3 Å². The predicted octanol–water partition coefficient (Wildman–Crippen LogP) is 5.08. The number of ether oxygens (including phenoxy) is 2. The standard InChI is InChI=1S/C27H26N2O5/c1-3-5-16-34-20-13-11-19(12-14-20)29-26(31)23(25(30)28-27(29)32)17-22-21-9-7-6-8-18(21)10-15-24(22)33-4-2/h6-15,17H,3-5,16H2,1-2H3,(H,28,30,32)/b23-17-. The van der Waals surface area contributed by atoms with Gasteiger partial charge in [-0.2, -0.15) is 0 Å². The molecule has 7 nitrogen and oxygen atoms in total. The molecule has 174 valence electrons. The van der Waals surface area contributed by atoms with Crippen molar-refractivity contribution in [3.05, 3.63) is 71.8 Å². The first-order chi connectivity index (χ1) is 16.5. The van der Waals surface area contributed by atoms with E-state index in [4.69, 9.17) is 9.47 Å². The Morgan fingerprint density at radius 1 is 0.912 bits per heavy atom. The number of imide groups is 2. The lowest BCUT2D eigenvalue weighted by atomic mass is 9.99. The zero-order valence-corrected chi connectivity index (χ0v) is 19.2. The second-order valence-electron chi connectivity index (χ2n) is 7.79. The minimum atomic E-state index is -0.797. The van der Waals surface area contributed by atoms with Crippen LogP contribution in [0.3, 0.4) is 0 Å². The lowest BCUT2D eigenvalue weighted by molar-refractivity contribution is -0.122. The van der Waals surface area contributed by atoms with E-state index in [0.717, 1.165) is 28.5 Å². The van der Waals surface area contributed by atoms with E-state index in [1.165, 1.54) is 6.08 Å². The Morgan fingerprint density at radius 2 is 1.68 bits per heavy atom. The van der Waals surface area contributed by atoms with Crippen LogP contribution in [0, 0.1) is 0 Å². The number of barbiturate groups is 1. The van der Waals surface area contributed by atoms with E-state index in [0.29, 0.717) is 36.0 Å². The number of carbonyl (C=O) groups is 3. The van der Waals surface area contributed by atoms with Gasteiger partial charge >= 0.3 is 6.03 Å². The highest BCUT2D eigenvalue weighted by Gasteiger charge is 2.37. The van der Waals surface area contributed by atoms with Crippen molar-refractivity contribution >= 4 is 40.4 Å². The summed E-state index contributed by atoms with van der Waals surface area (Å²) in [4.78, 5) is 39.6. The molecule has 1 N–H and O–H groups in total. The van der Waals surface area contributed by atoms with Crippen molar-refractivity contribution in [1.82, 2.24) is 5.32 Å². The van der Waals surface area contributed by atoms with E-state index < -0.39 is 17.8 Å². The number of benzene rings is 3. The summed E-state index contributed by atoms with van der Waals surface area (Å²) in [5.41, 5.74) is 0.791. The van der Waals surface area contributed by atoms with Gasteiger partial charge in [0.15, 0.2) is 0 Å². The molecule has 0 aliphatic carbocycles. The Morgan fingerprint density at radius 3 is 2.41 bits per heavy atom. The molecular formula is C27H26N2O5. The van der Waals surface area contributed by atoms with Crippen molar-refractivity contribution in [2.45, 2.75) is 26.7 Å². The highest BCUT2D eigenvalue weighted by molar-refractivity contribution is 6.39. The highest BCUT2D eigenvalue weighted by Crippen LogP contribution is 2.32. The van der Waals surface area contributed by atoms with Crippen LogP contribution in [0.2, 0.25) is 0 Å². The van der Waals surface area contributed by atoms with E-state index >= 15 is 0 Å². The summed E-state index contributed by atoms with van der Waals surface area (Å²) >= 11 is 0. The number of rotatable bonds is 8. The van der Waals surface area contributed by atoms with Crippen molar-refractivity contribution in [1.29, 1.82) is 0 Å². The molecule has 1 saturated heterocycles. The molecule has 0 bridgehead atoms. The van der Waals surface area contributed by atoms with E-state index in [1.807, 2.05) is 43.3 Å². The first-order valence-electron chi connectivity index (χ1n) is 11.3. The summed E-state index contributed by atoms with van der Waals surface area (Å²) in [5.74, 6) is -0.262. The van der Waals surface area contributed by atoms with Crippen molar-refractivity contribution in [2.75, 3.05) is 18.1 Å². The number of amides is 4. The smallest absolute Gasteiger partial charge is 0.335 e. The molecule has 1 aliphatic rings. The fraction of sp³-hybridized carbons (Fsp3) is 0.222. The number of unbranched alkanes of at least 4 members (excludes halogenated alkanes) is 1. The van der Waals surface area contributed by atoms with Gasteiger partial charge in [-0.25, -0.2) is 9.69 Å². The summed E-state index contributed by atoms with van der Waals surface area (Å²) in [6.45, 7) is 4.95. The first-order valence-corrected chi connectivity index (χ1v) is 11.3. The third kappa shape index (κ3) is 4.64. The highest BCUT2D eigenvalue weighted by atomic mass is 16.5. The number of hydrogen-bond donors (Lipinski definition) is 1. The van der Waals surface area contributed by atoms with Gasteiger partial charge in [0.05, 0.1) is 18.9 Å². The molecule has 1 aliphatic heterocycles. The zero-order chi connectivity index (χ0) is 24.1. The van der Waals surface area contributed by atoms with E-state index in [-0.39, 0.29) is 5.57 Å². The Labute approximate surface area is 198 Å².